The smallest absolute Gasteiger partial charge is 0.172 e. The normalized spacial score (nSPS) is 11.3. The van der Waals surface area contributed by atoms with Gasteiger partial charge in [0.25, 0.3) is 0 Å². The van der Waals surface area contributed by atoms with Crippen LogP contribution in [0.5, 0.6) is 0 Å². The minimum Gasteiger partial charge on any atom is -1.00 e. The van der Waals surface area contributed by atoms with E-state index in [9.17, 15) is 0 Å². The molecule has 4 heteroatoms. The number of benzene rings is 6. The zero-order chi connectivity index (χ0) is 38.5. The van der Waals surface area contributed by atoms with Crippen LogP contribution in [-0.2, 0) is 40.6 Å². The van der Waals surface area contributed by atoms with Crippen molar-refractivity contribution in [1.29, 1.82) is 0 Å². The number of hydrogen-bond acceptors (Lipinski definition) is 0. The maximum atomic E-state index is 3.88. The first-order valence-corrected chi connectivity index (χ1v) is 24.3. The van der Waals surface area contributed by atoms with Crippen molar-refractivity contribution in [2.75, 3.05) is 0 Å². The molecule has 0 heterocycles. The van der Waals surface area contributed by atoms with Gasteiger partial charge in [-0.15, -0.1) is 28.8 Å². The van der Waals surface area contributed by atoms with Gasteiger partial charge in [0.05, 0.1) is 0 Å². The van der Waals surface area contributed by atoms with Crippen molar-refractivity contribution in [3.63, 3.8) is 0 Å². The minimum absolute atomic E-state index is 0. The average Bonchev–Trinajstić information content (AvgIpc) is 3.86. The first kappa shape index (κ1) is 45.1. The number of aryl methyl sites for hydroxylation is 2. The van der Waals surface area contributed by atoms with Gasteiger partial charge >= 0.3 is 113 Å². The molecule has 0 fully saturated rings. The van der Waals surface area contributed by atoms with Crippen LogP contribution < -0.4 is 35.2 Å². The molecule has 0 saturated carbocycles. The Morgan fingerprint density at radius 3 is 1.45 bits per heavy atom. The van der Waals surface area contributed by atoms with Crippen LogP contribution in [0.15, 0.2) is 158 Å². The van der Waals surface area contributed by atoms with E-state index in [1.165, 1.54) is 77.1 Å². The number of rotatable bonds is 4. The Labute approximate surface area is 364 Å². The Morgan fingerprint density at radius 1 is 0.536 bits per heavy atom. The maximum absolute atomic E-state index is 3.88. The Hall–Kier alpha value is -3.65. The SMILES string of the molecule is CC(C)(C)c1cc2c([c-]c1-c1ccccc1)Cc1cc(-c3ccccc3)c(C(C)(C)C)cc1-2.Cc1ccc([Si](=[Zr+2])c2ccc(C)cc2)cc1.[Cl-].[Cl-].c1cc[cH-]c1. The van der Waals surface area contributed by atoms with Crippen LogP contribution in [-0.4, -0.2) is 5.43 Å². The van der Waals surface area contributed by atoms with Crippen molar-refractivity contribution >= 4 is 15.8 Å². The fourth-order valence-electron chi connectivity index (χ4n) is 7.03. The second-order valence-corrected chi connectivity index (χ2v) is 22.1. The van der Waals surface area contributed by atoms with Crippen LogP contribution in [0.1, 0.15) is 74.9 Å². The molecule has 7 aromatic rings. The van der Waals surface area contributed by atoms with Gasteiger partial charge in [0.2, 0.25) is 0 Å². The first-order valence-electron chi connectivity index (χ1n) is 19.1. The minimum atomic E-state index is -0.488. The standard InChI is InChI=1S/C33H33.C14H14Si.C5H5.2ClH.Zr/c1-32(2,3)30-20-26-24(18-28(30)22-13-9-7-10-14-22)17-25-19-29(23-15-11-8-12-16-23)31(21-27(25)26)33(4,5)6;1-11-3-7-13(8-4-11)15-14-9-5-12(2)6-10-14;1-2-4-5-3-1;;;/h7-16,18,20-21H,17H2,1-6H3;3-10H,1-2H3;1-5H;2*1H;/q-1;;-1;;;+2/p-2. The zero-order valence-electron chi connectivity index (χ0n) is 34.0. The third-order valence-corrected chi connectivity index (χ3v) is 16.1. The topological polar surface area (TPSA) is 0 Å². The molecule has 0 aromatic heterocycles. The molecular weight excluding hydrogens is 815 g/mol. The Morgan fingerprint density at radius 2 is 1.00 bits per heavy atom. The van der Waals surface area contributed by atoms with Gasteiger partial charge in [-0.3, -0.25) is 0 Å². The molecule has 0 amide bonds. The molecule has 1 aliphatic rings. The monoisotopic (exact) mass is 864 g/mol. The van der Waals surface area contributed by atoms with Crippen LogP contribution in [0.2, 0.25) is 0 Å². The quantitative estimate of drug-likeness (QED) is 0.143. The molecule has 0 atom stereocenters. The van der Waals surface area contributed by atoms with E-state index in [4.69, 9.17) is 0 Å². The molecule has 0 aliphatic heterocycles. The van der Waals surface area contributed by atoms with Gasteiger partial charge in [-0.1, -0.05) is 131 Å². The van der Waals surface area contributed by atoms with E-state index >= 15 is 0 Å². The maximum Gasteiger partial charge on any atom is -0.172 e. The van der Waals surface area contributed by atoms with E-state index in [2.05, 4.69) is 189 Å². The van der Waals surface area contributed by atoms with Crippen molar-refractivity contribution < 1.29 is 48.1 Å². The van der Waals surface area contributed by atoms with Crippen molar-refractivity contribution in [3.8, 4) is 33.4 Å². The molecule has 7 aromatic carbocycles. The van der Waals surface area contributed by atoms with E-state index in [0.717, 1.165) is 6.42 Å². The van der Waals surface area contributed by atoms with E-state index in [1.807, 2.05) is 30.3 Å². The summed E-state index contributed by atoms with van der Waals surface area (Å²) < 4.78 is 0. The second kappa shape index (κ2) is 19.7. The van der Waals surface area contributed by atoms with Gasteiger partial charge in [0.1, 0.15) is 0 Å². The molecule has 0 unspecified atom stereocenters. The summed E-state index contributed by atoms with van der Waals surface area (Å²) >= 11 is 1.65. The summed E-state index contributed by atoms with van der Waals surface area (Å²) in [5, 5.41) is 3.05. The van der Waals surface area contributed by atoms with Crippen LogP contribution in [0.25, 0.3) is 33.4 Å². The summed E-state index contributed by atoms with van der Waals surface area (Å²) in [7, 11) is 0. The van der Waals surface area contributed by atoms with Gasteiger partial charge in [-0.2, -0.15) is 18.2 Å². The van der Waals surface area contributed by atoms with Crippen molar-refractivity contribution in [3.05, 3.63) is 197 Å². The zero-order valence-corrected chi connectivity index (χ0v) is 38.9. The summed E-state index contributed by atoms with van der Waals surface area (Å²) in [5.74, 6) is 0. The number of hydrogen-bond donors (Lipinski definition) is 0. The van der Waals surface area contributed by atoms with Gasteiger partial charge in [0, 0.05) is 0 Å². The predicted octanol–water partition coefficient (Wildman–Crippen LogP) is 6.36. The molecular formula is C52H52Cl2SiZr-2. The molecule has 1 aliphatic carbocycles. The van der Waals surface area contributed by atoms with Crippen LogP contribution in [0.4, 0.5) is 0 Å². The number of fused-ring (bicyclic) bond motifs is 3. The summed E-state index contributed by atoms with van der Waals surface area (Å²) in [6, 6.07) is 60.9. The Balaban J connectivity index is 0.000000252. The van der Waals surface area contributed by atoms with Gasteiger partial charge in [-0.05, 0) is 39.5 Å². The van der Waals surface area contributed by atoms with E-state index in [-0.39, 0.29) is 35.6 Å². The fraction of sp³-hybridized carbons (Fsp3) is 0.212. The van der Waals surface area contributed by atoms with Gasteiger partial charge in [0.15, 0.2) is 0 Å². The Kier molecular flexibility index (Phi) is 15.8. The average molecular weight is 867 g/mol. The molecule has 0 radical (unpaired) electrons. The molecule has 0 N–H and O–H groups in total. The summed E-state index contributed by atoms with van der Waals surface area (Å²) in [4.78, 5) is 0. The third kappa shape index (κ3) is 11.0. The van der Waals surface area contributed by atoms with Crippen molar-refractivity contribution in [2.24, 2.45) is 0 Å². The third-order valence-electron chi connectivity index (χ3n) is 10.1. The van der Waals surface area contributed by atoms with Gasteiger partial charge in [-0.25, -0.2) is 12.1 Å². The first-order chi connectivity index (χ1) is 25.8. The summed E-state index contributed by atoms with van der Waals surface area (Å²) in [6.45, 7) is 18.2. The van der Waals surface area contributed by atoms with Crippen molar-refractivity contribution in [2.45, 2.75) is 72.6 Å². The molecule has 56 heavy (non-hydrogen) atoms. The molecule has 0 bridgehead atoms. The summed E-state index contributed by atoms with van der Waals surface area (Å²) in [6.07, 6.45) is 0.944. The van der Waals surface area contributed by atoms with Gasteiger partial charge < -0.3 is 24.8 Å². The molecule has 8 rings (SSSR count). The number of halogens is 2. The fourth-order valence-corrected chi connectivity index (χ4v) is 10.8. The summed E-state index contributed by atoms with van der Waals surface area (Å²) in [5.41, 5.74) is 15.7. The largest absolute Gasteiger partial charge is 1.00 e. The molecule has 284 valence electrons. The Bertz CT molecular complexity index is 2140. The van der Waals surface area contributed by atoms with Crippen molar-refractivity contribution in [1.82, 2.24) is 0 Å². The van der Waals surface area contributed by atoms with E-state index in [0.29, 0.717) is 0 Å². The van der Waals surface area contributed by atoms with Crippen LogP contribution in [0, 0.1) is 19.9 Å². The van der Waals surface area contributed by atoms with E-state index < -0.39 is 5.43 Å². The molecule has 0 nitrogen and oxygen atoms in total. The molecule has 0 spiro atoms. The second-order valence-electron chi connectivity index (χ2n) is 16.5. The van der Waals surface area contributed by atoms with E-state index in [1.54, 1.807) is 23.3 Å². The molecule has 0 saturated heterocycles. The van der Waals surface area contributed by atoms with Crippen LogP contribution in [0.3, 0.4) is 0 Å². The predicted molar refractivity (Wildman–Crippen MR) is 231 cm³/mol. The van der Waals surface area contributed by atoms with Crippen LogP contribution >= 0.6 is 0 Å².